The summed E-state index contributed by atoms with van der Waals surface area (Å²) < 4.78 is 10.3. The molecule has 0 aliphatic rings. The number of rotatable bonds is 3. The molecule has 0 aliphatic heterocycles. The molecule has 1 heterocycles. The Balaban J connectivity index is 1.87. The van der Waals surface area contributed by atoms with Crippen molar-refractivity contribution in [1.29, 1.82) is 0 Å². The van der Waals surface area contributed by atoms with Crippen LogP contribution in [-0.4, -0.2) is 18.2 Å². The highest BCUT2D eigenvalue weighted by Crippen LogP contribution is 2.34. The number of carbonyl (C=O) groups is 1. The lowest BCUT2D eigenvalue weighted by atomic mass is 10.00. The van der Waals surface area contributed by atoms with Gasteiger partial charge in [-0.2, -0.15) is 0 Å². The Morgan fingerprint density at radius 3 is 2.76 bits per heavy atom. The van der Waals surface area contributed by atoms with E-state index in [4.69, 9.17) is 4.52 Å². The van der Waals surface area contributed by atoms with Gasteiger partial charge in [0, 0.05) is 11.6 Å². The molecule has 4 aromatic rings. The van der Waals surface area contributed by atoms with Gasteiger partial charge < -0.3 is 9.26 Å². The largest absolute Gasteiger partial charge is 0.466 e. The lowest BCUT2D eigenvalue weighted by Gasteiger charge is -2.03. The normalized spacial score (nSPS) is 11.4. The fraction of sp³-hybridized carbons (Fsp3) is 0.0476. The summed E-state index contributed by atoms with van der Waals surface area (Å²) in [5.74, 6) is 0.333. The van der Waals surface area contributed by atoms with Crippen LogP contribution in [0.4, 0.5) is 0 Å². The van der Waals surface area contributed by atoms with Gasteiger partial charge in [-0.25, -0.2) is 4.79 Å². The Morgan fingerprint density at radius 2 is 1.88 bits per heavy atom. The topological polar surface area (TPSA) is 52.3 Å². The lowest BCUT2D eigenvalue weighted by molar-refractivity contribution is -0.134. The molecule has 0 saturated carbocycles. The van der Waals surface area contributed by atoms with E-state index in [9.17, 15) is 4.79 Å². The average molecular weight is 329 g/mol. The molecule has 4 heteroatoms. The Labute approximate surface area is 144 Å². The number of nitrogens with zero attached hydrogens (tertiary/aromatic N) is 1. The molecule has 4 nitrogen and oxygen atoms in total. The van der Waals surface area contributed by atoms with Gasteiger partial charge in [-0.05, 0) is 34.5 Å². The molecule has 0 spiro atoms. The van der Waals surface area contributed by atoms with Crippen LogP contribution in [0.25, 0.3) is 39.1 Å². The second-order valence-electron chi connectivity index (χ2n) is 5.67. The van der Waals surface area contributed by atoms with Gasteiger partial charge >= 0.3 is 5.97 Å². The van der Waals surface area contributed by atoms with E-state index in [2.05, 4.69) is 28.1 Å². The standard InChI is InChI=1S/C21H15NO3/c1-24-20(23)12-10-14-9-11-19-18(13-14)21(25-22-19)17-8-4-6-15-5-2-3-7-16(15)17/h2-13H,1H3/b12-10+. The first-order chi connectivity index (χ1) is 12.3. The predicted molar refractivity (Wildman–Crippen MR) is 98.0 cm³/mol. The molecule has 0 aliphatic carbocycles. The maximum absolute atomic E-state index is 11.3. The summed E-state index contributed by atoms with van der Waals surface area (Å²) in [6.07, 6.45) is 3.11. The zero-order valence-corrected chi connectivity index (χ0v) is 13.6. The van der Waals surface area contributed by atoms with E-state index in [1.807, 2.05) is 42.5 Å². The van der Waals surface area contributed by atoms with Crippen LogP contribution >= 0.6 is 0 Å². The molecule has 0 atom stereocenters. The molecule has 25 heavy (non-hydrogen) atoms. The number of hydrogen-bond acceptors (Lipinski definition) is 4. The van der Waals surface area contributed by atoms with Gasteiger partial charge in [0.25, 0.3) is 0 Å². The molecular formula is C21H15NO3. The Bertz CT molecular complexity index is 1100. The monoisotopic (exact) mass is 329 g/mol. The molecule has 0 N–H and O–H groups in total. The Morgan fingerprint density at radius 1 is 1.04 bits per heavy atom. The molecule has 1 aromatic heterocycles. The van der Waals surface area contributed by atoms with E-state index in [-0.39, 0.29) is 5.97 Å². The van der Waals surface area contributed by atoms with Crippen molar-refractivity contribution in [3.63, 3.8) is 0 Å². The summed E-state index contributed by atoms with van der Waals surface area (Å²) in [7, 11) is 1.36. The summed E-state index contributed by atoms with van der Waals surface area (Å²) in [4.78, 5) is 11.3. The van der Waals surface area contributed by atoms with Gasteiger partial charge in [-0.15, -0.1) is 0 Å². The lowest BCUT2D eigenvalue weighted by Crippen LogP contribution is -1.93. The first kappa shape index (κ1) is 15.1. The molecule has 0 radical (unpaired) electrons. The second kappa shape index (κ2) is 6.24. The minimum absolute atomic E-state index is 0.389. The smallest absolute Gasteiger partial charge is 0.330 e. The molecule has 3 aromatic carbocycles. The molecule has 0 unspecified atom stereocenters. The van der Waals surface area contributed by atoms with Crippen molar-refractivity contribution < 1.29 is 14.1 Å². The second-order valence-corrected chi connectivity index (χ2v) is 5.67. The van der Waals surface area contributed by atoms with Crippen LogP contribution in [0.15, 0.2) is 71.3 Å². The number of hydrogen-bond donors (Lipinski definition) is 0. The molecule has 0 saturated heterocycles. The number of fused-ring (bicyclic) bond motifs is 2. The van der Waals surface area contributed by atoms with E-state index < -0.39 is 0 Å². The van der Waals surface area contributed by atoms with E-state index in [1.54, 1.807) is 6.08 Å². The summed E-state index contributed by atoms with van der Waals surface area (Å²) in [5.41, 5.74) is 2.65. The van der Waals surface area contributed by atoms with Crippen molar-refractivity contribution in [3.05, 3.63) is 72.3 Å². The molecule has 0 bridgehead atoms. The van der Waals surface area contributed by atoms with Gasteiger partial charge in [-0.1, -0.05) is 53.7 Å². The van der Waals surface area contributed by atoms with Gasteiger partial charge in [-0.3, -0.25) is 0 Å². The summed E-state index contributed by atoms with van der Waals surface area (Å²) >= 11 is 0. The highest BCUT2D eigenvalue weighted by Gasteiger charge is 2.13. The molecule has 122 valence electrons. The van der Waals surface area contributed by atoms with Crippen molar-refractivity contribution in [2.45, 2.75) is 0 Å². The summed E-state index contributed by atoms with van der Waals surface area (Å²) in [6.45, 7) is 0. The quantitative estimate of drug-likeness (QED) is 0.399. The van der Waals surface area contributed by atoms with Crippen molar-refractivity contribution in [1.82, 2.24) is 5.16 Å². The number of ether oxygens (including phenoxy) is 1. The molecule has 0 amide bonds. The number of benzene rings is 3. The highest BCUT2D eigenvalue weighted by atomic mass is 16.5. The van der Waals surface area contributed by atoms with Crippen LogP contribution in [-0.2, 0) is 9.53 Å². The summed E-state index contributed by atoms with van der Waals surface area (Å²) in [5, 5.41) is 7.32. The minimum atomic E-state index is -0.389. The number of carbonyl (C=O) groups excluding carboxylic acids is 1. The van der Waals surface area contributed by atoms with E-state index in [0.29, 0.717) is 0 Å². The van der Waals surface area contributed by atoms with Gasteiger partial charge in [0.2, 0.25) is 0 Å². The number of esters is 1. The van der Waals surface area contributed by atoms with Crippen molar-refractivity contribution in [2.75, 3.05) is 7.11 Å². The van der Waals surface area contributed by atoms with E-state index >= 15 is 0 Å². The van der Waals surface area contributed by atoms with Crippen molar-refractivity contribution >= 4 is 33.7 Å². The Kier molecular flexibility index (Phi) is 3.78. The first-order valence-electron chi connectivity index (χ1n) is 7.90. The number of aromatic nitrogens is 1. The van der Waals surface area contributed by atoms with E-state index in [1.165, 1.54) is 13.2 Å². The third-order valence-electron chi connectivity index (χ3n) is 4.15. The molecule has 4 rings (SSSR count). The van der Waals surface area contributed by atoms with Crippen LogP contribution in [0, 0.1) is 0 Å². The highest BCUT2D eigenvalue weighted by molar-refractivity contribution is 6.03. The zero-order valence-electron chi connectivity index (χ0n) is 13.6. The van der Waals surface area contributed by atoms with Gasteiger partial charge in [0.1, 0.15) is 5.52 Å². The summed E-state index contributed by atoms with van der Waals surface area (Å²) in [6, 6.07) is 20.0. The average Bonchev–Trinajstić information content (AvgIpc) is 3.08. The maximum Gasteiger partial charge on any atom is 0.330 e. The maximum atomic E-state index is 11.3. The third-order valence-corrected chi connectivity index (χ3v) is 4.15. The predicted octanol–water partition coefficient (Wildman–Crippen LogP) is 4.83. The fourth-order valence-electron chi connectivity index (χ4n) is 2.91. The van der Waals surface area contributed by atoms with Crippen molar-refractivity contribution in [3.8, 4) is 11.3 Å². The van der Waals surface area contributed by atoms with Crippen LogP contribution in [0.3, 0.4) is 0 Å². The third kappa shape index (κ3) is 2.78. The first-order valence-corrected chi connectivity index (χ1v) is 7.90. The molecule has 0 fully saturated rings. The SMILES string of the molecule is COC(=O)/C=C/c1ccc2noc(-c3cccc4ccccc34)c2c1. The fourth-order valence-corrected chi connectivity index (χ4v) is 2.91. The van der Waals surface area contributed by atoms with Crippen molar-refractivity contribution in [2.24, 2.45) is 0 Å². The zero-order chi connectivity index (χ0) is 17.2. The van der Waals surface area contributed by atoms with Crippen LogP contribution < -0.4 is 0 Å². The Hall–Kier alpha value is -3.40. The van der Waals surface area contributed by atoms with Crippen LogP contribution in [0.2, 0.25) is 0 Å². The van der Waals surface area contributed by atoms with Gasteiger partial charge in [0.15, 0.2) is 5.76 Å². The minimum Gasteiger partial charge on any atom is -0.466 e. The van der Waals surface area contributed by atoms with Gasteiger partial charge in [0.05, 0.1) is 12.5 Å². The van der Waals surface area contributed by atoms with Crippen LogP contribution in [0.5, 0.6) is 0 Å². The van der Waals surface area contributed by atoms with E-state index in [0.717, 1.165) is 38.6 Å². The molecular weight excluding hydrogens is 314 g/mol. The number of methoxy groups -OCH3 is 1. The van der Waals surface area contributed by atoms with Crippen LogP contribution in [0.1, 0.15) is 5.56 Å².